The number of aromatic nitrogens is 2. The van der Waals surface area contributed by atoms with Crippen molar-refractivity contribution >= 4 is 0 Å². The van der Waals surface area contributed by atoms with Crippen LogP contribution < -0.4 is 4.57 Å². The van der Waals surface area contributed by atoms with Crippen LogP contribution in [0.3, 0.4) is 0 Å². The summed E-state index contributed by atoms with van der Waals surface area (Å²) < 4.78 is 4.35. The topological polar surface area (TPSA) is 8.81 Å². The second-order valence-corrected chi connectivity index (χ2v) is 5.07. The van der Waals surface area contributed by atoms with Gasteiger partial charge in [0.05, 0.1) is 13.6 Å². The van der Waals surface area contributed by atoms with Crippen LogP contribution in [0.1, 0.15) is 40.0 Å². The lowest BCUT2D eigenvalue weighted by Gasteiger charge is -2.07. The van der Waals surface area contributed by atoms with Crippen LogP contribution in [-0.4, -0.2) is 4.57 Å². The molecular formula is C14H25N2+. The van der Waals surface area contributed by atoms with E-state index in [1.165, 1.54) is 24.8 Å². The van der Waals surface area contributed by atoms with Crippen LogP contribution in [0.2, 0.25) is 0 Å². The zero-order chi connectivity index (χ0) is 12.0. The molecule has 0 N–H and O–H groups in total. The quantitative estimate of drug-likeness (QED) is 0.515. The van der Waals surface area contributed by atoms with E-state index in [9.17, 15) is 0 Å². The molecule has 0 saturated carbocycles. The largest absolute Gasteiger partial charge is 0.243 e. The molecule has 1 heterocycles. The normalized spacial score (nSPS) is 12.5. The smallest absolute Gasteiger partial charge is 0.240 e. The number of rotatable bonds is 6. The molecule has 0 radical (unpaired) electrons. The predicted octanol–water partition coefficient (Wildman–Crippen LogP) is 3.09. The van der Waals surface area contributed by atoms with Gasteiger partial charge in [0.1, 0.15) is 12.4 Å². The molecule has 0 aliphatic rings. The molecule has 0 bridgehead atoms. The Hall–Kier alpha value is -1.05. The van der Waals surface area contributed by atoms with Crippen molar-refractivity contribution in [2.75, 3.05) is 0 Å². The van der Waals surface area contributed by atoms with Gasteiger partial charge in [0.15, 0.2) is 0 Å². The summed E-state index contributed by atoms with van der Waals surface area (Å²) in [5.41, 5.74) is 1.43. The highest BCUT2D eigenvalue weighted by atomic mass is 15.1. The van der Waals surface area contributed by atoms with E-state index in [4.69, 9.17) is 0 Å². The fourth-order valence-corrected chi connectivity index (χ4v) is 1.80. The zero-order valence-corrected chi connectivity index (χ0v) is 11.1. The van der Waals surface area contributed by atoms with E-state index >= 15 is 0 Å². The molecule has 0 aliphatic heterocycles. The molecule has 0 aliphatic carbocycles. The van der Waals surface area contributed by atoms with Crippen LogP contribution >= 0.6 is 0 Å². The fourth-order valence-electron chi connectivity index (χ4n) is 1.80. The summed E-state index contributed by atoms with van der Waals surface area (Å²) in [6.07, 6.45) is 12.5. The van der Waals surface area contributed by atoms with E-state index in [-0.39, 0.29) is 0 Å². The lowest BCUT2D eigenvalue weighted by atomic mass is 10.0. The van der Waals surface area contributed by atoms with Crippen molar-refractivity contribution in [2.24, 2.45) is 13.0 Å². The third-order valence-electron chi connectivity index (χ3n) is 2.92. The molecule has 1 rings (SSSR count). The van der Waals surface area contributed by atoms with Crippen molar-refractivity contribution in [2.45, 2.75) is 46.6 Å². The Morgan fingerprint density at radius 3 is 2.69 bits per heavy atom. The van der Waals surface area contributed by atoms with Crippen molar-refractivity contribution in [1.29, 1.82) is 0 Å². The molecule has 1 aromatic rings. The molecule has 16 heavy (non-hydrogen) atoms. The molecule has 2 heteroatoms. The summed E-state index contributed by atoms with van der Waals surface area (Å²) in [5.74, 6) is 0.809. The van der Waals surface area contributed by atoms with Crippen molar-refractivity contribution < 1.29 is 4.57 Å². The van der Waals surface area contributed by atoms with E-state index in [2.05, 4.69) is 61.8 Å². The Morgan fingerprint density at radius 1 is 1.38 bits per heavy atom. The van der Waals surface area contributed by atoms with Crippen molar-refractivity contribution in [3.8, 4) is 0 Å². The maximum atomic E-state index is 2.35. The fraction of sp³-hybridized carbons (Fsp3) is 0.643. The van der Waals surface area contributed by atoms with Crippen LogP contribution in [0.15, 0.2) is 30.4 Å². The number of hydrogen-bond donors (Lipinski definition) is 0. The summed E-state index contributed by atoms with van der Waals surface area (Å²) in [5, 5.41) is 0. The molecule has 0 aromatic carbocycles. The Labute approximate surface area is 99.6 Å². The third kappa shape index (κ3) is 5.15. The molecule has 0 saturated heterocycles. The number of nitrogens with zero attached hydrogens (tertiary/aromatic N) is 2. The van der Waals surface area contributed by atoms with Gasteiger partial charge in [-0.05, 0) is 39.0 Å². The molecule has 0 spiro atoms. The molecular weight excluding hydrogens is 196 g/mol. The van der Waals surface area contributed by atoms with Gasteiger partial charge in [-0.15, -0.1) is 0 Å². The number of allylic oxidation sites excluding steroid dienone is 2. The summed E-state index contributed by atoms with van der Waals surface area (Å²) in [4.78, 5) is 0. The van der Waals surface area contributed by atoms with Gasteiger partial charge in [-0.3, -0.25) is 0 Å². The molecule has 0 fully saturated rings. The Bertz CT molecular complexity index is 332. The third-order valence-corrected chi connectivity index (χ3v) is 2.92. The number of hydrogen-bond acceptors (Lipinski definition) is 0. The van der Waals surface area contributed by atoms with Crippen LogP contribution in [0, 0.1) is 5.92 Å². The van der Waals surface area contributed by atoms with E-state index in [0.717, 1.165) is 12.5 Å². The van der Waals surface area contributed by atoms with Crippen molar-refractivity contribution in [3.05, 3.63) is 30.4 Å². The van der Waals surface area contributed by atoms with Gasteiger partial charge in [-0.2, -0.15) is 0 Å². The Balaban J connectivity index is 2.20. The molecule has 2 nitrogen and oxygen atoms in total. The summed E-state index contributed by atoms with van der Waals surface area (Å²) in [7, 11) is 2.06. The zero-order valence-electron chi connectivity index (χ0n) is 11.1. The van der Waals surface area contributed by atoms with E-state index in [0.29, 0.717) is 0 Å². The number of imidazole rings is 1. The van der Waals surface area contributed by atoms with Crippen LogP contribution in [0.5, 0.6) is 0 Å². The van der Waals surface area contributed by atoms with Gasteiger partial charge >= 0.3 is 0 Å². The highest BCUT2D eigenvalue weighted by molar-refractivity contribution is 4.92. The standard InChI is InChI=1S/C14H25N2/c1-13(2)6-5-7-14(3)8-9-16-11-10-15(4)12-16/h6,10-12,14H,5,7-9H2,1-4H3/q+1/t14-/m0/s1. The minimum absolute atomic E-state index is 0.809. The average molecular weight is 221 g/mol. The first-order valence-electron chi connectivity index (χ1n) is 6.22. The lowest BCUT2D eigenvalue weighted by molar-refractivity contribution is -0.671. The van der Waals surface area contributed by atoms with E-state index < -0.39 is 0 Å². The van der Waals surface area contributed by atoms with Gasteiger partial charge in [0.2, 0.25) is 6.33 Å². The highest BCUT2D eigenvalue weighted by Gasteiger charge is 2.05. The van der Waals surface area contributed by atoms with Crippen LogP contribution in [0.4, 0.5) is 0 Å². The highest BCUT2D eigenvalue weighted by Crippen LogP contribution is 2.12. The lowest BCUT2D eigenvalue weighted by Crippen LogP contribution is -2.23. The van der Waals surface area contributed by atoms with Crippen molar-refractivity contribution in [1.82, 2.24) is 4.57 Å². The van der Waals surface area contributed by atoms with Crippen LogP contribution in [0.25, 0.3) is 0 Å². The summed E-state index contributed by atoms with van der Waals surface area (Å²) in [6, 6.07) is 0. The minimum atomic E-state index is 0.809. The van der Waals surface area contributed by atoms with Crippen molar-refractivity contribution in [3.63, 3.8) is 0 Å². The monoisotopic (exact) mass is 221 g/mol. The van der Waals surface area contributed by atoms with Gasteiger partial charge in [-0.25, -0.2) is 9.13 Å². The SMILES string of the molecule is CC(C)=CCC[C@H](C)CCn1cc[n+](C)c1. The molecule has 0 amide bonds. The predicted molar refractivity (Wildman–Crippen MR) is 68.1 cm³/mol. The maximum absolute atomic E-state index is 2.35. The molecule has 0 unspecified atom stereocenters. The van der Waals surface area contributed by atoms with Crippen LogP contribution in [-0.2, 0) is 13.6 Å². The summed E-state index contributed by atoms with van der Waals surface area (Å²) >= 11 is 0. The van der Waals surface area contributed by atoms with Gasteiger partial charge < -0.3 is 0 Å². The first-order chi connectivity index (χ1) is 7.58. The first kappa shape index (κ1) is 13.0. The van der Waals surface area contributed by atoms with E-state index in [1.54, 1.807) is 0 Å². The molecule has 90 valence electrons. The maximum Gasteiger partial charge on any atom is 0.243 e. The summed E-state index contributed by atoms with van der Waals surface area (Å²) in [6.45, 7) is 7.83. The average Bonchev–Trinajstić information content (AvgIpc) is 2.61. The second-order valence-electron chi connectivity index (χ2n) is 5.07. The molecule has 1 aromatic heterocycles. The minimum Gasteiger partial charge on any atom is -0.240 e. The number of aryl methyl sites for hydroxylation is 2. The van der Waals surface area contributed by atoms with E-state index in [1.807, 2.05) is 0 Å². The Kier molecular flexibility index (Phi) is 5.30. The Morgan fingerprint density at radius 2 is 2.12 bits per heavy atom. The van der Waals surface area contributed by atoms with Gasteiger partial charge in [-0.1, -0.05) is 18.6 Å². The second kappa shape index (κ2) is 6.51. The molecule has 1 atom stereocenters. The first-order valence-corrected chi connectivity index (χ1v) is 6.22. The van der Waals surface area contributed by atoms with Gasteiger partial charge in [0, 0.05) is 0 Å². The van der Waals surface area contributed by atoms with Gasteiger partial charge in [0.25, 0.3) is 0 Å².